The number of nitrogens with zero attached hydrogens (tertiary/aromatic N) is 5. The number of anilines is 1. The van der Waals surface area contributed by atoms with E-state index in [2.05, 4.69) is 26.2 Å². The Bertz CT molecular complexity index is 1160. The number of carbonyl (C=O) groups excluding carboxylic acids is 1. The number of nitrogens with one attached hydrogen (secondary N) is 1. The standard InChI is InChI=1S/C22H23FN6OS/c1-14-15(2)29(17-9-7-16(23)8-10-17)21(18(14)12-24)25-20(30)13-31-22-27-26-19-6-4-3-5-11-28(19)22/h7-10H,3-6,11,13H2,1-2H3,(H,25,30). The Morgan fingerprint density at radius 1 is 1.23 bits per heavy atom. The highest BCUT2D eigenvalue weighted by Gasteiger charge is 2.22. The summed E-state index contributed by atoms with van der Waals surface area (Å²) >= 11 is 1.34. The summed E-state index contributed by atoms with van der Waals surface area (Å²) in [6.45, 7) is 4.58. The monoisotopic (exact) mass is 438 g/mol. The second kappa shape index (κ2) is 8.94. The lowest BCUT2D eigenvalue weighted by Gasteiger charge is -2.13. The first kappa shape index (κ1) is 21.1. The number of hydrogen-bond acceptors (Lipinski definition) is 5. The van der Waals surface area contributed by atoms with Crippen LogP contribution >= 0.6 is 11.8 Å². The molecule has 0 bridgehead atoms. The second-order valence-electron chi connectivity index (χ2n) is 7.56. The summed E-state index contributed by atoms with van der Waals surface area (Å²) in [6.07, 6.45) is 4.28. The lowest BCUT2D eigenvalue weighted by atomic mass is 10.2. The number of carbonyl (C=O) groups is 1. The predicted octanol–water partition coefficient (Wildman–Crippen LogP) is 4.15. The molecule has 1 aromatic carbocycles. The topological polar surface area (TPSA) is 88.5 Å². The second-order valence-corrected chi connectivity index (χ2v) is 8.50. The van der Waals surface area contributed by atoms with Crippen molar-refractivity contribution < 1.29 is 9.18 Å². The molecule has 1 aliphatic heterocycles. The van der Waals surface area contributed by atoms with Gasteiger partial charge in [0.15, 0.2) is 5.16 Å². The Labute approximate surface area is 184 Å². The summed E-state index contributed by atoms with van der Waals surface area (Å²) in [5, 5.41) is 21.8. The maximum Gasteiger partial charge on any atom is 0.236 e. The molecule has 0 saturated heterocycles. The Balaban J connectivity index is 1.56. The molecule has 0 spiro atoms. The fourth-order valence-electron chi connectivity index (χ4n) is 3.84. The van der Waals surface area contributed by atoms with Crippen LogP contribution in [0.4, 0.5) is 10.2 Å². The number of rotatable bonds is 5. The maximum absolute atomic E-state index is 13.4. The van der Waals surface area contributed by atoms with Crippen molar-refractivity contribution in [2.45, 2.75) is 51.2 Å². The van der Waals surface area contributed by atoms with Crippen molar-refractivity contribution in [2.24, 2.45) is 0 Å². The summed E-state index contributed by atoms with van der Waals surface area (Å²) in [7, 11) is 0. The van der Waals surface area contributed by atoms with E-state index in [1.54, 1.807) is 16.7 Å². The zero-order chi connectivity index (χ0) is 22.0. The maximum atomic E-state index is 13.4. The third-order valence-corrected chi connectivity index (χ3v) is 6.54. The van der Waals surface area contributed by atoms with Crippen LogP contribution in [0.5, 0.6) is 0 Å². The molecule has 1 aliphatic rings. The minimum absolute atomic E-state index is 0.149. The van der Waals surface area contributed by atoms with E-state index >= 15 is 0 Å². The van der Waals surface area contributed by atoms with Gasteiger partial charge in [0, 0.05) is 24.3 Å². The lowest BCUT2D eigenvalue weighted by Crippen LogP contribution is -2.18. The van der Waals surface area contributed by atoms with Gasteiger partial charge in [0.1, 0.15) is 23.5 Å². The van der Waals surface area contributed by atoms with Gasteiger partial charge in [-0.1, -0.05) is 18.2 Å². The summed E-state index contributed by atoms with van der Waals surface area (Å²) in [4.78, 5) is 12.8. The number of aromatic nitrogens is 4. The number of aryl methyl sites for hydroxylation is 1. The molecule has 1 amide bonds. The summed E-state index contributed by atoms with van der Waals surface area (Å²) in [5.41, 5.74) is 2.66. The van der Waals surface area contributed by atoms with Crippen LogP contribution in [-0.2, 0) is 17.8 Å². The van der Waals surface area contributed by atoms with Gasteiger partial charge in [0.2, 0.25) is 5.91 Å². The van der Waals surface area contributed by atoms with Crippen molar-refractivity contribution in [3.05, 3.63) is 52.7 Å². The first-order valence-electron chi connectivity index (χ1n) is 10.2. The molecule has 2 aromatic heterocycles. The molecule has 9 heteroatoms. The average molecular weight is 439 g/mol. The van der Waals surface area contributed by atoms with E-state index in [9.17, 15) is 14.4 Å². The van der Waals surface area contributed by atoms with Gasteiger partial charge in [-0.15, -0.1) is 10.2 Å². The quantitative estimate of drug-likeness (QED) is 0.605. The molecule has 4 rings (SSSR count). The van der Waals surface area contributed by atoms with Gasteiger partial charge < -0.3 is 9.88 Å². The van der Waals surface area contributed by atoms with E-state index in [0.717, 1.165) is 48.0 Å². The van der Waals surface area contributed by atoms with Crippen molar-refractivity contribution in [1.29, 1.82) is 5.26 Å². The van der Waals surface area contributed by atoms with Crippen LogP contribution in [0.15, 0.2) is 29.4 Å². The van der Waals surface area contributed by atoms with Gasteiger partial charge in [-0.05, 0) is 56.5 Å². The number of nitriles is 1. The highest BCUT2D eigenvalue weighted by atomic mass is 32.2. The smallest absolute Gasteiger partial charge is 0.236 e. The fraction of sp³-hybridized carbons (Fsp3) is 0.364. The van der Waals surface area contributed by atoms with Crippen LogP contribution in [0.25, 0.3) is 5.69 Å². The lowest BCUT2D eigenvalue weighted by molar-refractivity contribution is -0.113. The molecule has 0 aliphatic carbocycles. The average Bonchev–Trinajstić information content (AvgIpc) is 3.13. The first-order valence-corrected chi connectivity index (χ1v) is 11.2. The highest BCUT2D eigenvalue weighted by molar-refractivity contribution is 7.99. The predicted molar refractivity (Wildman–Crippen MR) is 117 cm³/mol. The third kappa shape index (κ3) is 4.21. The molecule has 0 fully saturated rings. The van der Waals surface area contributed by atoms with Crippen LogP contribution in [-0.4, -0.2) is 31.0 Å². The third-order valence-electron chi connectivity index (χ3n) is 5.58. The summed E-state index contributed by atoms with van der Waals surface area (Å²) in [6, 6.07) is 8.15. The van der Waals surface area contributed by atoms with Crippen molar-refractivity contribution in [1.82, 2.24) is 19.3 Å². The SMILES string of the molecule is Cc1c(C#N)c(NC(=O)CSc2nnc3n2CCCCC3)n(-c2ccc(F)cc2)c1C. The Morgan fingerprint density at radius 3 is 2.74 bits per heavy atom. The highest BCUT2D eigenvalue weighted by Crippen LogP contribution is 2.30. The molecular weight excluding hydrogens is 415 g/mol. The van der Waals surface area contributed by atoms with Crippen LogP contribution in [0.1, 0.15) is 41.9 Å². The Morgan fingerprint density at radius 2 is 2.00 bits per heavy atom. The molecule has 0 radical (unpaired) electrons. The van der Waals surface area contributed by atoms with E-state index < -0.39 is 0 Å². The molecule has 7 nitrogen and oxygen atoms in total. The number of fused-ring (bicyclic) bond motifs is 1. The van der Waals surface area contributed by atoms with Gasteiger partial charge in [-0.2, -0.15) is 5.26 Å². The largest absolute Gasteiger partial charge is 0.310 e. The van der Waals surface area contributed by atoms with Crippen LogP contribution in [0.3, 0.4) is 0 Å². The summed E-state index contributed by atoms with van der Waals surface area (Å²) in [5.74, 6) is 0.933. The van der Waals surface area contributed by atoms with E-state index in [1.165, 1.54) is 30.3 Å². The minimum Gasteiger partial charge on any atom is -0.310 e. The van der Waals surface area contributed by atoms with Crippen molar-refractivity contribution >= 4 is 23.5 Å². The molecule has 3 heterocycles. The zero-order valence-electron chi connectivity index (χ0n) is 17.5. The van der Waals surface area contributed by atoms with Crippen molar-refractivity contribution in [3.8, 4) is 11.8 Å². The van der Waals surface area contributed by atoms with Crippen LogP contribution in [0, 0.1) is 31.0 Å². The molecule has 0 saturated carbocycles. The number of amides is 1. The molecule has 0 unspecified atom stereocenters. The van der Waals surface area contributed by atoms with E-state index in [1.807, 2.05) is 13.8 Å². The van der Waals surface area contributed by atoms with E-state index in [-0.39, 0.29) is 17.5 Å². The van der Waals surface area contributed by atoms with E-state index in [4.69, 9.17) is 0 Å². The normalized spacial score (nSPS) is 13.4. The number of hydrogen-bond donors (Lipinski definition) is 1. The Kier molecular flexibility index (Phi) is 6.09. The molecule has 3 aromatic rings. The minimum atomic E-state index is -0.347. The number of benzene rings is 1. The van der Waals surface area contributed by atoms with Gasteiger partial charge in [0.25, 0.3) is 0 Å². The van der Waals surface area contributed by atoms with Gasteiger partial charge >= 0.3 is 0 Å². The molecule has 1 N–H and O–H groups in total. The molecular formula is C22H23FN6OS. The van der Waals surface area contributed by atoms with Gasteiger partial charge in [0.05, 0.1) is 11.3 Å². The van der Waals surface area contributed by atoms with E-state index in [0.29, 0.717) is 17.1 Å². The van der Waals surface area contributed by atoms with Crippen LogP contribution in [0.2, 0.25) is 0 Å². The zero-order valence-corrected chi connectivity index (χ0v) is 18.3. The van der Waals surface area contributed by atoms with Crippen molar-refractivity contribution in [2.75, 3.05) is 11.1 Å². The van der Waals surface area contributed by atoms with Gasteiger partial charge in [-0.25, -0.2) is 4.39 Å². The molecule has 31 heavy (non-hydrogen) atoms. The fourth-order valence-corrected chi connectivity index (χ4v) is 4.62. The first-order chi connectivity index (χ1) is 15.0. The molecule has 0 atom stereocenters. The summed E-state index contributed by atoms with van der Waals surface area (Å²) < 4.78 is 17.3. The number of thioether (sulfide) groups is 1. The number of halogens is 1. The Hall–Kier alpha value is -3.12. The van der Waals surface area contributed by atoms with Crippen molar-refractivity contribution in [3.63, 3.8) is 0 Å². The van der Waals surface area contributed by atoms with Crippen LogP contribution < -0.4 is 5.32 Å². The van der Waals surface area contributed by atoms with Gasteiger partial charge in [-0.3, -0.25) is 9.36 Å². The molecule has 160 valence electrons.